The van der Waals surface area contributed by atoms with Crippen LogP contribution >= 0.6 is 12.2 Å². The summed E-state index contributed by atoms with van der Waals surface area (Å²) in [6.07, 6.45) is 0.840. The summed E-state index contributed by atoms with van der Waals surface area (Å²) in [5, 5.41) is 5.11. The normalized spacial score (nSPS) is 30.8. The summed E-state index contributed by atoms with van der Waals surface area (Å²) in [6.45, 7) is 0.759. The van der Waals surface area contributed by atoms with Crippen molar-refractivity contribution >= 4 is 38.4 Å². The molecule has 22 heavy (non-hydrogen) atoms. The summed E-state index contributed by atoms with van der Waals surface area (Å²) < 4.78 is 21.7. The second-order valence-corrected chi connectivity index (χ2v) is 8.65. The number of fused-ring (bicyclic) bond motifs is 2. The maximum atomic E-state index is 11.9. The quantitative estimate of drug-likeness (QED) is 0.587. The fourth-order valence-corrected chi connectivity index (χ4v) is 5.78. The van der Waals surface area contributed by atoms with E-state index >= 15 is 0 Å². The maximum Gasteiger partial charge on any atom is 0.218 e. The molecule has 4 rings (SSSR count). The largest absolute Gasteiger partial charge is 0.358 e. The number of rotatable bonds is 3. The van der Waals surface area contributed by atoms with Gasteiger partial charge in [-0.15, -0.1) is 0 Å². The number of para-hydroxylation sites is 1. The lowest BCUT2D eigenvalue weighted by Gasteiger charge is -2.21. The van der Waals surface area contributed by atoms with E-state index in [-0.39, 0.29) is 12.1 Å². The van der Waals surface area contributed by atoms with Gasteiger partial charge in [-0.2, -0.15) is 4.55 Å². The first-order valence-corrected chi connectivity index (χ1v) is 9.64. The number of nitrogens with zero attached hydrogens (tertiary/aromatic N) is 1. The van der Waals surface area contributed by atoms with Crippen LogP contribution in [0.25, 0.3) is 10.9 Å². The lowest BCUT2D eigenvalue weighted by Crippen LogP contribution is -2.38. The van der Waals surface area contributed by atoms with Gasteiger partial charge in [-0.05, 0) is 29.7 Å². The van der Waals surface area contributed by atoms with Gasteiger partial charge in [0.1, 0.15) is 12.1 Å². The van der Waals surface area contributed by atoms with Gasteiger partial charge in [0.15, 0.2) is 16.6 Å². The summed E-state index contributed by atoms with van der Waals surface area (Å²) in [5.41, 5.74) is 2.30. The number of nitrogens with one attached hydrogen (secondary N) is 2. The van der Waals surface area contributed by atoms with Crippen LogP contribution in [0.2, 0.25) is 0 Å². The molecule has 0 amide bonds. The zero-order valence-electron chi connectivity index (χ0n) is 12.0. The zero-order chi connectivity index (χ0) is 15.3. The Hall–Kier alpha value is -1.44. The highest BCUT2D eigenvalue weighted by Crippen LogP contribution is 2.27. The van der Waals surface area contributed by atoms with E-state index in [4.69, 9.17) is 12.2 Å². The first-order chi connectivity index (χ1) is 10.5. The average Bonchev–Trinajstić information content (AvgIpc) is 3.06. The molecule has 0 saturated carbocycles. The summed E-state index contributed by atoms with van der Waals surface area (Å²) in [6, 6.07) is 10.4. The monoisotopic (exact) mass is 336 g/mol. The molecule has 2 aliphatic heterocycles. The van der Waals surface area contributed by atoms with Gasteiger partial charge in [0.25, 0.3) is 0 Å². The number of hydrogen-bond donors (Lipinski definition) is 3. The molecule has 0 spiro atoms. The van der Waals surface area contributed by atoms with Gasteiger partial charge >= 0.3 is 0 Å². The lowest BCUT2D eigenvalue weighted by molar-refractivity contribution is 0.356. The van der Waals surface area contributed by atoms with E-state index in [1.807, 2.05) is 12.1 Å². The molecule has 116 valence electrons. The molecule has 0 radical (unpaired) electrons. The van der Waals surface area contributed by atoms with E-state index in [2.05, 4.69) is 33.4 Å². The third-order valence-corrected chi connectivity index (χ3v) is 6.61. The van der Waals surface area contributed by atoms with Crippen LogP contribution in [-0.2, 0) is 20.8 Å². The predicted molar refractivity (Wildman–Crippen MR) is 92.4 cm³/mol. The molecule has 5 nitrogen and oxygen atoms in total. The number of thiocarbonyl (C=S) groups is 1. The fraction of sp³-hybridized carbons (Fsp3) is 0.400. The molecule has 2 aromatic rings. The molecule has 1 unspecified atom stereocenters. The van der Waals surface area contributed by atoms with Crippen LogP contribution < -0.4 is 5.32 Å². The first-order valence-electron chi connectivity index (χ1n) is 7.38. The minimum absolute atomic E-state index is 0.0210. The van der Waals surface area contributed by atoms with Crippen molar-refractivity contribution in [3.8, 4) is 0 Å². The molecular weight excluding hydrogens is 318 g/mol. The molecule has 1 aromatic heterocycles. The minimum atomic E-state index is -2.69. The fourth-order valence-electron chi connectivity index (χ4n) is 3.46. The third kappa shape index (κ3) is 2.43. The number of H-pyrrole nitrogens is 1. The summed E-state index contributed by atoms with van der Waals surface area (Å²) in [4.78, 5) is 5.49. The lowest BCUT2D eigenvalue weighted by atomic mass is 10.2. The van der Waals surface area contributed by atoms with E-state index in [1.165, 1.54) is 5.39 Å². The highest BCUT2D eigenvalue weighted by molar-refractivity contribution is 7.98. The Bertz CT molecular complexity index is 755. The standard InChI is InChI=1S/C15H17N3O2S2/c19-22(20)8-13-14(9-22)18(15(21)17-13)6-5-11-7-10-3-1-2-4-12(10)16-11/h1-4,7,13-14,16H,5-6,8-9H2,(H-,17,19,20,21)/p+1/t13-,14+/m1/s1. The molecule has 2 saturated heterocycles. The van der Waals surface area contributed by atoms with Crippen LogP contribution in [0.5, 0.6) is 0 Å². The minimum Gasteiger partial charge on any atom is -0.358 e. The van der Waals surface area contributed by atoms with Crippen molar-refractivity contribution in [3.63, 3.8) is 0 Å². The van der Waals surface area contributed by atoms with E-state index < -0.39 is 10.2 Å². The topological polar surface area (TPSA) is 68.4 Å². The maximum absolute atomic E-state index is 11.9. The number of hydrogen-bond acceptors (Lipinski definition) is 2. The second kappa shape index (κ2) is 5.04. The molecule has 3 atom stereocenters. The smallest absolute Gasteiger partial charge is 0.218 e. The number of benzene rings is 1. The Balaban J connectivity index is 1.49. The average molecular weight is 336 g/mol. The third-order valence-electron chi connectivity index (χ3n) is 4.51. The molecule has 2 aliphatic rings. The first kappa shape index (κ1) is 14.2. The molecule has 1 aromatic carbocycles. The van der Waals surface area contributed by atoms with Crippen molar-refractivity contribution in [2.75, 3.05) is 18.1 Å². The van der Waals surface area contributed by atoms with Gasteiger partial charge < -0.3 is 15.2 Å². The van der Waals surface area contributed by atoms with E-state index in [1.54, 1.807) is 0 Å². The molecular formula is C15H18N3O2S2+. The Morgan fingerprint density at radius 1 is 1.36 bits per heavy atom. The highest BCUT2D eigenvalue weighted by Gasteiger charge is 2.53. The van der Waals surface area contributed by atoms with Crippen LogP contribution in [0, 0.1) is 0 Å². The van der Waals surface area contributed by atoms with Crippen molar-refractivity contribution in [1.29, 1.82) is 0 Å². The van der Waals surface area contributed by atoms with Crippen molar-refractivity contribution in [2.45, 2.75) is 18.5 Å². The van der Waals surface area contributed by atoms with Gasteiger partial charge in [-0.3, -0.25) is 0 Å². The van der Waals surface area contributed by atoms with E-state index in [0.717, 1.165) is 24.2 Å². The van der Waals surface area contributed by atoms with Crippen LogP contribution in [-0.4, -0.2) is 49.7 Å². The molecule has 2 fully saturated rings. The van der Waals surface area contributed by atoms with E-state index in [9.17, 15) is 8.76 Å². The van der Waals surface area contributed by atoms with Crippen LogP contribution in [0.15, 0.2) is 30.3 Å². The predicted octanol–water partition coefficient (Wildman–Crippen LogP) is 1.62. The van der Waals surface area contributed by atoms with Crippen molar-refractivity contribution < 1.29 is 8.76 Å². The molecule has 3 heterocycles. The highest BCUT2D eigenvalue weighted by atomic mass is 32.3. The van der Waals surface area contributed by atoms with Gasteiger partial charge in [0, 0.05) is 24.2 Å². The van der Waals surface area contributed by atoms with Crippen molar-refractivity contribution in [1.82, 2.24) is 15.2 Å². The van der Waals surface area contributed by atoms with Crippen LogP contribution in [0.4, 0.5) is 0 Å². The van der Waals surface area contributed by atoms with Crippen molar-refractivity contribution in [3.05, 3.63) is 36.0 Å². The van der Waals surface area contributed by atoms with E-state index in [0.29, 0.717) is 16.6 Å². The molecule has 7 heteroatoms. The second-order valence-electron chi connectivity index (χ2n) is 6.05. The zero-order valence-corrected chi connectivity index (χ0v) is 13.6. The number of aromatic amines is 1. The molecule has 3 N–H and O–H groups in total. The number of aromatic nitrogens is 1. The summed E-state index contributed by atoms with van der Waals surface area (Å²) in [5.74, 6) is 0.623. The van der Waals surface area contributed by atoms with Gasteiger partial charge in [-0.1, -0.05) is 22.4 Å². The summed E-state index contributed by atoms with van der Waals surface area (Å²) >= 11 is 5.38. The Kier molecular flexibility index (Phi) is 3.25. The Labute approximate surface area is 135 Å². The van der Waals surface area contributed by atoms with Crippen LogP contribution in [0.1, 0.15) is 5.69 Å². The molecule has 0 aliphatic carbocycles. The van der Waals surface area contributed by atoms with Crippen LogP contribution in [0.3, 0.4) is 0 Å². The van der Waals surface area contributed by atoms with Gasteiger partial charge in [0.05, 0.1) is 0 Å². The Morgan fingerprint density at radius 2 is 2.18 bits per heavy atom. The van der Waals surface area contributed by atoms with Gasteiger partial charge in [0.2, 0.25) is 10.2 Å². The van der Waals surface area contributed by atoms with Gasteiger partial charge in [-0.25, -0.2) is 0 Å². The summed E-state index contributed by atoms with van der Waals surface area (Å²) in [7, 11) is -2.69. The van der Waals surface area contributed by atoms with Crippen molar-refractivity contribution in [2.24, 2.45) is 0 Å². The SMILES string of the molecule is O=[S+]1(O)C[C@H]2NC(=S)N(CCc3cc4ccccc4[nH]3)[C@H]2C1. The molecule has 0 bridgehead atoms. The Morgan fingerprint density at radius 3 is 3.00 bits per heavy atom.